The second kappa shape index (κ2) is 3.70. The first-order chi connectivity index (χ1) is 7.68. The van der Waals surface area contributed by atoms with E-state index < -0.39 is 5.97 Å². The summed E-state index contributed by atoms with van der Waals surface area (Å²) in [7, 11) is 0. The lowest BCUT2D eigenvalue weighted by Crippen LogP contribution is -2.39. The Labute approximate surface area is 95.2 Å². The van der Waals surface area contributed by atoms with Crippen LogP contribution in [-0.2, 0) is 4.79 Å². The standard InChI is InChI=1S/C12H19NO3/c14-11-8-6-7(12(15)16)3-4-9(8)13-5-1-2-10(11)13/h7-11,14H,1-6H2,(H,15,16)/t7-,8+,9-,10+,11+/m1/s1. The summed E-state index contributed by atoms with van der Waals surface area (Å²) < 4.78 is 0. The molecule has 3 aliphatic rings. The molecule has 1 saturated carbocycles. The van der Waals surface area contributed by atoms with Crippen LogP contribution >= 0.6 is 0 Å². The highest BCUT2D eigenvalue weighted by Gasteiger charge is 2.52. The topological polar surface area (TPSA) is 60.8 Å². The zero-order valence-corrected chi connectivity index (χ0v) is 9.38. The molecule has 0 radical (unpaired) electrons. The van der Waals surface area contributed by atoms with E-state index in [1.54, 1.807) is 0 Å². The maximum absolute atomic E-state index is 11.0. The van der Waals surface area contributed by atoms with Crippen molar-refractivity contribution in [2.75, 3.05) is 6.54 Å². The van der Waals surface area contributed by atoms with Gasteiger partial charge < -0.3 is 10.2 Å². The molecule has 3 fully saturated rings. The van der Waals surface area contributed by atoms with Crippen LogP contribution in [0.2, 0.25) is 0 Å². The van der Waals surface area contributed by atoms with Crippen molar-refractivity contribution in [2.45, 2.75) is 50.3 Å². The molecule has 0 aromatic heterocycles. The summed E-state index contributed by atoms with van der Waals surface area (Å²) in [5.74, 6) is -0.700. The summed E-state index contributed by atoms with van der Waals surface area (Å²) in [4.78, 5) is 13.4. The number of carbonyl (C=O) groups is 1. The van der Waals surface area contributed by atoms with Crippen molar-refractivity contribution < 1.29 is 15.0 Å². The van der Waals surface area contributed by atoms with Crippen LogP contribution in [0.4, 0.5) is 0 Å². The number of aliphatic hydroxyl groups is 1. The van der Waals surface area contributed by atoms with Crippen LogP contribution in [0.25, 0.3) is 0 Å². The Hall–Kier alpha value is -0.610. The zero-order chi connectivity index (χ0) is 11.3. The average molecular weight is 225 g/mol. The van der Waals surface area contributed by atoms with Crippen LogP contribution in [0.5, 0.6) is 0 Å². The van der Waals surface area contributed by atoms with Crippen molar-refractivity contribution in [2.24, 2.45) is 11.8 Å². The van der Waals surface area contributed by atoms with E-state index in [2.05, 4.69) is 4.90 Å². The summed E-state index contributed by atoms with van der Waals surface area (Å²) in [5.41, 5.74) is 0. The average Bonchev–Trinajstić information content (AvgIpc) is 2.83. The highest BCUT2D eigenvalue weighted by Crippen LogP contribution is 2.45. The Morgan fingerprint density at radius 3 is 2.75 bits per heavy atom. The number of hydrogen-bond acceptors (Lipinski definition) is 3. The third-order valence-corrected chi connectivity index (χ3v) is 4.81. The molecule has 0 aromatic rings. The Bertz CT molecular complexity index is 307. The summed E-state index contributed by atoms with van der Waals surface area (Å²) in [6.45, 7) is 1.10. The maximum atomic E-state index is 11.0. The van der Waals surface area contributed by atoms with Gasteiger partial charge in [-0.1, -0.05) is 0 Å². The first-order valence-corrected chi connectivity index (χ1v) is 6.35. The highest BCUT2D eigenvalue weighted by atomic mass is 16.4. The van der Waals surface area contributed by atoms with E-state index in [-0.39, 0.29) is 17.9 Å². The van der Waals surface area contributed by atoms with Gasteiger partial charge in [-0.25, -0.2) is 0 Å². The van der Waals surface area contributed by atoms with Gasteiger partial charge in [0, 0.05) is 18.0 Å². The molecule has 0 spiro atoms. The first-order valence-electron chi connectivity index (χ1n) is 6.35. The first kappa shape index (κ1) is 10.5. The highest BCUT2D eigenvalue weighted by molar-refractivity contribution is 5.70. The van der Waals surface area contributed by atoms with E-state index in [1.807, 2.05) is 0 Å². The molecule has 0 bridgehead atoms. The van der Waals surface area contributed by atoms with Crippen molar-refractivity contribution in [3.8, 4) is 0 Å². The Kier molecular flexibility index (Phi) is 2.44. The Balaban J connectivity index is 1.77. The van der Waals surface area contributed by atoms with Gasteiger partial charge in [-0.2, -0.15) is 0 Å². The van der Waals surface area contributed by atoms with Gasteiger partial charge in [0.2, 0.25) is 0 Å². The molecule has 0 unspecified atom stereocenters. The molecular weight excluding hydrogens is 206 g/mol. The monoisotopic (exact) mass is 225 g/mol. The van der Waals surface area contributed by atoms with Crippen LogP contribution < -0.4 is 0 Å². The number of carboxylic acid groups (broad SMARTS) is 1. The molecular formula is C12H19NO3. The predicted octanol–water partition coefficient (Wildman–Crippen LogP) is 0.695. The van der Waals surface area contributed by atoms with E-state index in [0.717, 1.165) is 25.8 Å². The quantitative estimate of drug-likeness (QED) is 0.689. The summed E-state index contributed by atoms with van der Waals surface area (Å²) >= 11 is 0. The number of carboxylic acids is 1. The molecule has 5 atom stereocenters. The van der Waals surface area contributed by atoms with Crippen LogP contribution in [0, 0.1) is 11.8 Å². The van der Waals surface area contributed by atoms with Crippen molar-refractivity contribution in [3.05, 3.63) is 0 Å². The Morgan fingerprint density at radius 2 is 2.00 bits per heavy atom. The molecule has 4 nitrogen and oxygen atoms in total. The smallest absolute Gasteiger partial charge is 0.306 e. The number of aliphatic hydroxyl groups excluding tert-OH is 1. The molecule has 3 rings (SSSR count). The Morgan fingerprint density at radius 1 is 1.19 bits per heavy atom. The van der Waals surface area contributed by atoms with Crippen molar-refractivity contribution in [3.63, 3.8) is 0 Å². The second-order valence-corrected chi connectivity index (χ2v) is 5.52. The summed E-state index contributed by atoms with van der Waals surface area (Å²) in [6.07, 6.45) is 4.41. The van der Waals surface area contributed by atoms with Gasteiger partial charge in [-0.3, -0.25) is 9.69 Å². The molecule has 2 N–H and O–H groups in total. The van der Waals surface area contributed by atoms with E-state index >= 15 is 0 Å². The SMILES string of the molecule is O=C(O)[C@@H]1CC[C@@H]2[C@H](C1)[C@H](O)[C@@H]1CCCN21. The van der Waals surface area contributed by atoms with Gasteiger partial charge in [0.1, 0.15) is 0 Å². The third-order valence-electron chi connectivity index (χ3n) is 4.81. The number of nitrogens with zero attached hydrogens (tertiary/aromatic N) is 1. The largest absolute Gasteiger partial charge is 0.481 e. The molecule has 1 aliphatic carbocycles. The van der Waals surface area contributed by atoms with Crippen molar-refractivity contribution in [1.29, 1.82) is 0 Å². The minimum absolute atomic E-state index is 0.208. The van der Waals surface area contributed by atoms with Crippen LogP contribution in [0.3, 0.4) is 0 Å². The van der Waals surface area contributed by atoms with Gasteiger partial charge in [0.25, 0.3) is 0 Å². The molecule has 16 heavy (non-hydrogen) atoms. The summed E-state index contributed by atoms with van der Waals surface area (Å²) in [6, 6.07) is 0.778. The molecule has 0 aromatic carbocycles. The molecule has 2 saturated heterocycles. The predicted molar refractivity (Wildman–Crippen MR) is 58.0 cm³/mol. The molecule has 90 valence electrons. The van der Waals surface area contributed by atoms with Crippen LogP contribution in [-0.4, -0.2) is 45.8 Å². The van der Waals surface area contributed by atoms with Crippen molar-refractivity contribution >= 4 is 5.97 Å². The van der Waals surface area contributed by atoms with E-state index in [9.17, 15) is 9.90 Å². The maximum Gasteiger partial charge on any atom is 0.306 e. The lowest BCUT2D eigenvalue weighted by Gasteiger charge is -2.33. The van der Waals surface area contributed by atoms with Gasteiger partial charge in [0.05, 0.1) is 12.0 Å². The lowest BCUT2D eigenvalue weighted by molar-refractivity contribution is -0.144. The normalized spacial score (nSPS) is 47.7. The fourth-order valence-corrected chi connectivity index (χ4v) is 4.07. The molecule has 2 heterocycles. The van der Waals surface area contributed by atoms with Crippen molar-refractivity contribution in [1.82, 2.24) is 4.90 Å². The second-order valence-electron chi connectivity index (χ2n) is 5.52. The van der Waals surface area contributed by atoms with Gasteiger partial charge >= 0.3 is 5.97 Å². The molecule has 4 heteroatoms. The van der Waals surface area contributed by atoms with Crippen LogP contribution in [0.1, 0.15) is 32.1 Å². The van der Waals surface area contributed by atoms with Gasteiger partial charge in [-0.15, -0.1) is 0 Å². The minimum Gasteiger partial charge on any atom is -0.481 e. The van der Waals surface area contributed by atoms with Gasteiger partial charge in [-0.05, 0) is 38.6 Å². The fourth-order valence-electron chi connectivity index (χ4n) is 4.07. The fraction of sp³-hybridized carbons (Fsp3) is 0.917. The molecule has 2 aliphatic heterocycles. The van der Waals surface area contributed by atoms with E-state index in [0.29, 0.717) is 18.5 Å². The minimum atomic E-state index is -0.683. The third kappa shape index (κ3) is 1.39. The number of hydrogen-bond donors (Lipinski definition) is 2. The zero-order valence-electron chi connectivity index (χ0n) is 9.38. The lowest BCUT2D eigenvalue weighted by atomic mass is 9.76. The van der Waals surface area contributed by atoms with E-state index in [4.69, 9.17) is 5.11 Å². The summed E-state index contributed by atoms with van der Waals surface area (Å²) in [5, 5.41) is 19.3. The molecule has 0 amide bonds. The number of fused-ring (bicyclic) bond motifs is 3. The van der Waals surface area contributed by atoms with Gasteiger partial charge in [0.15, 0.2) is 0 Å². The van der Waals surface area contributed by atoms with E-state index in [1.165, 1.54) is 6.42 Å². The number of rotatable bonds is 1. The van der Waals surface area contributed by atoms with Crippen LogP contribution in [0.15, 0.2) is 0 Å². The number of aliphatic carboxylic acids is 1.